The predicted octanol–water partition coefficient (Wildman–Crippen LogP) is 4.13. The third-order valence-electron chi connectivity index (χ3n) is 4.83. The van der Waals surface area contributed by atoms with Crippen LogP contribution >= 0.6 is 23.4 Å². The molecule has 2 aliphatic rings. The van der Waals surface area contributed by atoms with Crippen LogP contribution in [0, 0.1) is 0 Å². The van der Waals surface area contributed by atoms with Crippen molar-refractivity contribution in [1.29, 1.82) is 0 Å². The van der Waals surface area contributed by atoms with Crippen molar-refractivity contribution in [1.82, 2.24) is 0 Å². The van der Waals surface area contributed by atoms with E-state index in [0.29, 0.717) is 11.4 Å². The van der Waals surface area contributed by atoms with Gasteiger partial charge in [-0.15, -0.1) is 23.4 Å². The molecular formula is C20H19ClN2O2S. The Bertz CT molecular complexity index is 853. The van der Waals surface area contributed by atoms with Crippen LogP contribution in [0.25, 0.3) is 0 Å². The van der Waals surface area contributed by atoms with Crippen LogP contribution in [0.2, 0.25) is 0 Å². The largest absolute Gasteiger partial charge is 0.325 e. The first-order chi connectivity index (χ1) is 12.7. The van der Waals surface area contributed by atoms with E-state index in [1.807, 2.05) is 29.2 Å². The molecule has 4 nitrogen and oxygen atoms in total. The van der Waals surface area contributed by atoms with Crippen molar-refractivity contribution in [2.24, 2.45) is 0 Å². The second-order valence-corrected chi connectivity index (χ2v) is 7.87. The Labute approximate surface area is 161 Å². The van der Waals surface area contributed by atoms with Gasteiger partial charge in [0.25, 0.3) is 0 Å². The molecule has 26 heavy (non-hydrogen) atoms. The number of nitrogens with zero attached hydrogens (tertiary/aromatic N) is 1. The summed E-state index contributed by atoms with van der Waals surface area (Å²) in [5.74, 6) is 0.315. The number of carbonyl (C=O) groups excluding carboxylic acids is 2. The number of nitrogens with one attached hydrogen (secondary N) is 1. The van der Waals surface area contributed by atoms with Crippen molar-refractivity contribution in [3.05, 3.63) is 59.2 Å². The molecule has 1 fully saturated rings. The summed E-state index contributed by atoms with van der Waals surface area (Å²) in [6, 6.07) is 14.0. The van der Waals surface area contributed by atoms with Crippen molar-refractivity contribution < 1.29 is 9.59 Å². The Kier molecular flexibility index (Phi) is 4.92. The standard InChI is InChI=1S/C20H19ClN2O2S/c21-11-18(24)22-16-7-4-14(5-8-16)20-23(19(25)12-26-20)17-9-6-13-2-1-3-15(13)10-17/h4-10,20H,1-3,11-12H2,(H,22,24). The van der Waals surface area contributed by atoms with E-state index in [4.69, 9.17) is 11.6 Å². The summed E-state index contributed by atoms with van der Waals surface area (Å²) in [5.41, 5.74) is 5.50. The molecule has 0 bridgehead atoms. The molecule has 4 rings (SSSR count). The van der Waals surface area contributed by atoms with E-state index >= 15 is 0 Å². The maximum atomic E-state index is 12.5. The number of anilines is 2. The summed E-state index contributed by atoms with van der Waals surface area (Å²) in [4.78, 5) is 25.8. The maximum absolute atomic E-state index is 12.5. The Balaban J connectivity index is 1.59. The summed E-state index contributed by atoms with van der Waals surface area (Å²) < 4.78 is 0. The number of halogens is 1. The summed E-state index contributed by atoms with van der Waals surface area (Å²) >= 11 is 7.15. The summed E-state index contributed by atoms with van der Waals surface area (Å²) in [6.07, 6.45) is 3.43. The zero-order chi connectivity index (χ0) is 18.1. The Morgan fingerprint density at radius 3 is 2.69 bits per heavy atom. The van der Waals surface area contributed by atoms with E-state index in [-0.39, 0.29) is 23.1 Å². The Morgan fingerprint density at radius 2 is 1.92 bits per heavy atom. The number of hydrogen-bond acceptors (Lipinski definition) is 3. The number of hydrogen-bond donors (Lipinski definition) is 1. The van der Waals surface area contributed by atoms with E-state index in [0.717, 1.165) is 24.1 Å². The molecule has 134 valence electrons. The molecule has 1 saturated heterocycles. The van der Waals surface area contributed by atoms with Crippen LogP contribution in [0.5, 0.6) is 0 Å². The van der Waals surface area contributed by atoms with Crippen LogP contribution in [0.4, 0.5) is 11.4 Å². The Morgan fingerprint density at radius 1 is 1.15 bits per heavy atom. The average molecular weight is 387 g/mol. The lowest BCUT2D eigenvalue weighted by Crippen LogP contribution is -2.27. The van der Waals surface area contributed by atoms with Crippen molar-refractivity contribution in [3.8, 4) is 0 Å². The summed E-state index contributed by atoms with van der Waals surface area (Å²) in [6.45, 7) is 0. The lowest BCUT2D eigenvalue weighted by Gasteiger charge is -2.25. The van der Waals surface area contributed by atoms with Gasteiger partial charge in [-0.05, 0) is 60.2 Å². The van der Waals surface area contributed by atoms with Gasteiger partial charge in [-0.25, -0.2) is 0 Å². The highest BCUT2D eigenvalue weighted by Crippen LogP contribution is 2.42. The van der Waals surface area contributed by atoms with Crippen molar-refractivity contribution in [3.63, 3.8) is 0 Å². The number of benzene rings is 2. The van der Waals surface area contributed by atoms with Gasteiger partial charge in [0.05, 0.1) is 5.75 Å². The van der Waals surface area contributed by atoms with Gasteiger partial charge in [0.15, 0.2) is 0 Å². The number of rotatable bonds is 4. The van der Waals surface area contributed by atoms with E-state index < -0.39 is 0 Å². The van der Waals surface area contributed by atoms with E-state index in [2.05, 4.69) is 23.5 Å². The van der Waals surface area contributed by atoms with Gasteiger partial charge in [0.2, 0.25) is 11.8 Å². The number of alkyl halides is 1. The molecule has 2 aromatic carbocycles. The maximum Gasteiger partial charge on any atom is 0.239 e. The number of thioether (sulfide) groups is 1. The van der Waals surface area contributed by atoms with Crippen LogP contribution in [0.3, 0.4) is 0 Å². The molecular weight excluding hydrogens is 368 g/mol. The second-order valence-electron chi connectivity index (χ2n) is 6.54. The molecule has 0 spiro atoms. The van der Waals surface area contributed by atoms with Gasteiger partial charge in [-0.1, -0.05) is 18.2 Å². The van der Waals surface area contributed by atoms with E-state index in [1.165, 1.54) is 17.5 Å². The highest BCUT2D eigenvalue weighted by molar-refractivity contribution is 8.00. The third-order valence-corrected chi connectivity index (χ3v) is 6.28. The molecule has 2 aromatic rings. The average Bonchev–Trinajstić information content (AvgIpc) is 3.28. The SMILES string of the molecule is O=C(CCl)Nc1ccc(C2SCC(=O)N2c2ccc3c(c2)CCC3)cc1. The second kappa shape index (κ2) is 7.33. The van der Waals surface area contributed by atoms with Gasteiger partial charge in [0, 0.05) is 11.4 Å². The monoisotopic (exact) mass is 386 g/mol. The highest BCUT2D eigenvalue weighted by atomic mass is 35.5. The van der Waals surface area contributed by atoms with Gasteiger partial charge in [0.1, 0.15) is 11.3 Å². The minimum Gasteiger partial charge on any atom is -0.325 e. The fraction of sp³-hybridized carbons (Fsp3) is 0.300. The molecule has 0 aromatic heterocycles. The van der Waals surface area contributed by atoms with Gasteiger partial charge in [-0.2, -0.15) is 0 Å². The molecule has 1 atom stereocenters. The van der Waals surface area contributed by atoms with Gasteiger partial charge < -0.3 is 5.32 Å². The molecule has 1 heterocycles. The first-order valence-electron chi connectivity index (χ1n) is 8.67. The summed E-state index contributed by atoms with van der Waals surface area (Å²) in [5, 5.41) is 2.69. The molecule has 6 heteroatoms. The summed E-state index contributed by atoms with van der Waals surface area (Å²) in [7, 11) is 0. The van der Waals surface area contributed by atoms with Crippen molar-refractivity contribution in [2.45, 2.75) is 24.6 Å². The van der Waals surface area contributed by atoms with Crippen molar-refractivity contribution in [2.75, 3.05) is 21.8 Å². The molecule has 1 aliphatic carbocycles. The quantitative estimate of drug-likeness (QED) is 0.804. The normalized spacial score (nSPS) is 18.9. The molecule has 1 aliphatic heterocycles. The lowest BCUT2D eigenvalue weighted by molar-refractivity contribution is -0.116. The van der Waals surface area contributed by atoms with Crippen LogP contribution in [-0.4, -0.2) is 23.4 Å². The van der Waals surface area contributed by atoms with Gasteiger partial charge >= 0.3 is 0 Å². The number of fused-ring (bicyclic) bond motifs is 1. The van der Waals surface area contributed by atoms with E-state index in [1.54, 1.807) is 11.8 Å². The molecule has 1 N–H and O–H groups in total. The Hall–Kier alpha value is -1.98. The third kappa shape index (κ3) is 3.33. The highest BCUT2D eigenvalue weighted by Gasteiger charge is 2.34. The van der Waals surface area contributed by atoms with Crippen molar-refractivity contribution >= 4 is 46.6 Å². The van der Waals surface area contributed by atoms with Crippen LogP contribution in [-0.2, 0) is 22.4 Å². The molecule has 2 amide bonds. The zero-order valence-electron chi connectivity index (χ0n) is 14.2. The topological polar surface area (TPSA) is 49.4 Å². The minimum absolute atomic E-state index is 0.0419. The van der Waals surface area contributed by atoms with Crippen LogP contribution in [0.15, 0.2) is 42.5 Å². The predicted molar refractivity (Wildman–Crippen MR) is 107 cm³/mol. The molecule has 0 radical (unpaired) electrons. The minimum atomic E-state index is -0.232. The number of carbonyl (C=O) groups is 2. The first kappa shape index (κ1) is 17.4. The first-order valence-corrected chi connectivity index (χ1v) is 10.3. The molecule has 0 saturated carbocycles. The smallest absolute Gasteiger partial charge is 0.239 e. The fourth-order valence-corrected chi connectivity index (χ4v) is 4.83. The van der Waals surface area contributed by atoms with Gasteiger partial charge in [-0.3, -0.25) is 14.5 Å². The number of aryl methyl sites for hydroxylation is 2. The van der Waals surface area contributed by atoms with Crippen LogP contribution < -0.4 is 10.2 Å². The van der Waals surface area contributed by atoms with Crippen LogP contribution in [0.1, 0.15) is 28.5 Å². The number of amides is 2. The fourth-order valence-electron chi connectivity index (χ4n) is 3.58. The van der Waals surface area contributed by atoms with E-state index in [9.17, 15) is 9.59 Å². The molecule has 1 unspecified atom stereocenters. The lowest BCUT2D eigenvalue weighted by atomic mass is 10.1. The zero-order valence-corrected chi connectivity index (χ0v) is 15.8.